The Balaban J connectivity index is 1.38. The van der Waals surface area contributed by atoms with Gasteiger partial charge in [-0.25, -0.2) is 13.2 Å². The third-order valence-electron chi connectivity index (χ3n) is 7.54. The summed E-state index contributed by atoms with van der Waals surface area (Å²) in [6, 6.07) is 15.7. The van der Waals surface area contributed by atoms with Crippen LogP contribution in [0.15, 0.2) is 53.4 Å². The molecule has 0 saturated carbocycles. The summed E-state index contributed by atoms with van der Waals surface area (Å²) < 4.78 is 33.8. The van der Waals surface area contributed by atoms with Gasteiger partial charge in [-0.15, -0.1) is 0 Å². The molecule has 1 spiro atoms. The van der Waals surface area contributed by atoms with Crippen molar-refractivity contribution in [3.63, 3.8) is 0 Å². The van der Waals surface area contributed by atoms with E-state index in [-0.39, 0.29) is 0 Å². The monoisotopic (exact) mass is 480 g/mol. The first-order chi connectivity index (χ1) is 16.4. The second-order valence-electron chi connectivity index (χ2n) is 9.52. The van der Waals surface area contributed by atoms with E-state index >= 15 is 0 Å². The molecule has 0 radical (unpaired) electrons. The van der Waals surface area contributed by atoms with Gasteiger partial charge in [0.1, 0.15) is 0 Å². The lowest BCUT2D eigenvalue weighted by molar-refractivity contribution is -0.0626. The molecule has 3 aromatic rings. The molecule has 0 aliphatic carbocycles. The van der Waals surface area contributed by atoms with Crippen LogP contribution in [-0.4, -0.2) is 74.1 Å². The highest BCUT2D eigenvalue weighted by Gasteiger charge is 2.59. The number of H-pyrrole nitrogens is 1. The van der Waals surface area contributed by atoms with Gasteiger partial charge in [0.25, 0.3) is 0 Å². The number of likely N-dealkylation sites (tertiary alicyclic amines) is 1. The van der Waals surface area contributed by atoms with Gasteiger partial charge in [-0.3, -0.25) is 0 Å². The van der Waals surface area contributed by atoms with Crippen molar-refractivity contribution in [2.45, 2.75) is 29.7 Å². The standard InChI is InChI=1S/C25H28N4O4S/c1-33-24(30)28-16-25(17-28)10-13-29(25)34(31,32)19-8-9-23(27-11-4-5-12-27)20(15-19)22-14-18-6-2-3-7-21(18)26-22/h2-3,6-9,14-15,26H,4-5,10-13,16-17H2,1H3. The average molecular weight is 481 g/mol. The lowest BCUT2D eigenvalue weighted by Gasteiger charge is -2.60. The second-order valence-corrected chi connectivity index (χ2v) is 11.4. The fourth-order valence-corrected chi connectivity index (χ4v) is 7.41. The number of aromatic amines is 1. The highest BCUT2D eigenvalue weighted by molar-refractivity contribution is 7.89. The van der Waals surface area contributed by atoms with Crippen molar-refractivity contribution in [2.75, 3.05) is 44.7 Å². The predicted octanol–water partition coefficient (Wildman–Crippen LogP) is 3.65. The number of para-hydroxylation sites is 1. The molecule has 0 bridgehead atoms. The fourth-order valence-electron chi connectivity index (χ4n) is 5.60. The zero-order valence-electron chi connectivity index (χ0n) is 19.2. The molecule has 0 atom stereocenters. The Morgan fingerprint density at radius 1 is 1.03 bits per heavy atom. The van der Waals surface area contributed by atoms with Crippen molar-refractivity contribution in [1.29, 1.82) is 0 Å². The highest BCUT2D eigenvalue weighted by atomic mass is 32.2. The number of aromatic nitrogens is 1. The topological polar surface area (TPSA) is 85.9 Å². The van der Waals surface area contributed by atoms with E-state index in [2.05, 4.69) is 22.0 Å². The molecule has 8 nitrogen and oxygen atoms in total. The molecule has 0 unspecified atom stereocenters. The summed E-state index contributed by atoms with van der Waals surface area (Å²) in [5, 5.41) is 1.09. The molecule has 1 N–H and O–H groups in total. The first-order valence-electron chi connectivity index (χ1n) is 11.7. The second kappa shape index (κ2) is 7.74. The number of fused-ring (bicyclic) bond motifs is 1. The maximum Gasteiger partial charge on any atom is 0.409 e. The molecule has 34 heavy (non-hydrogen) atoms. The zero-order chi connectivity index (χ0) is 23.5. The van der Waals surface area contributed by atoms with Crippen molar-refractivity contribution in [2.24, 2.45) is 0 Å². The number of nitrogens with zero attached hydrogens (tertiary/aromatic N) is 3. The van der Waals surface area contributed by atoms with Gasteiger partial charge in [0, 0.05) is 60.6 Å². The van der Waals surface area contributed by atoms with Crippen LogP contribution < -0.4 is 4.90 Å². The van der Waals surface area contributed by atoms with Crippen LogP contribution in [0.2, 0.25) is 0 Å². The molecule has 3 aliphatic rings. The smallest absolute Gasteiger partial charge is 0.409 e. The first-order valence-corrected chi connectivity index (χ1v) is 13.2. The molecular formula is C25H28N4O4S. The van der Waals surface area contributed by atoms with Crippen molar-refractivity contribution >= 4 is 32.7 Å². The molecule has 4 heterocycles. The number of hydrogen-bond acceptors (Lipinski definition) is 5. The molecule has 1 amide bonds. The summed E-state index contributed by atoms with van der Waals surface area (Å²) in [5.74, 6) is 0. The quantitative estimate of drug-likeness (QED) is 0.616. The van der Waals surface area contributed by atoms with Crippen LogP contribution in [0, 0.1) is 0 Å². The van der Waals surface area contributed by atoms with E-state index in [1.807, 2.05) is 30.3 Å². The minimum absolute atomic E-state index is 0.291. The summed E-state index contributed by atoms with van der Waals surface area (Å²) in [6.07, 6.45) is 2.62. The van der Waals surface area contributed by atoms with Crippen molar-refractivity contribution in [3.8, 4) is 11.3 Å². The van der Waals surface area contributed by atoms with E-state index in [4.69, 9.17) is 4.74 Å². The number of carbonyl (C=O) groups is 1. The van der Waals surface area contributed by atoms with Crippen molar-refractivity contribution in [3.05, 3.63) is 48.5 Å². The molecule has 2 aromatic carbocycles. The number of sulfonamides is 1. The Kier molecular flexibility index (Phi) is 4.90. The number of amides is 1. The molecular weight excluding hydrogens is 452 g/mol. The molecule has 178 valence electrons. The van der Waals surface area contributed by atoms with Crippen molar-refractivity contribution in [1.82, 2.24) is 14.2 Å². The maximum atomic E-state index is 13.7. The van der Waals surface area contributed by atoms with Crippen LogP contribution in [0.5, 0.6) is 0 Å². The number of rotatable bonds is 4. The van der Waals surface area contributed by atoms with E-state index in [1.54, 1.807) is 15.3 Å². The van der Waals surface area contributed by atoms with Crippen LogP contribution in [-0.2, 0) is 14.8 Å². The largest absolute Gasteiger partial charge is 0.453 e. The molecule has 6 rings (SSSR count). The SMILES string of the molecule is COC(=O)N1CC2(CCN2S(=O)(=O)c2ccc(N3CCCC3)c(-c3cc4ccccc4[nH]3)c2)C1. The average Bonchev–Trinajstić information content (AvgIpc) is 3.46. The van der Waals surface area contributed by atoms with Crippen LogP contribution in [0.3, 0.4) is 0 Å². The Bertz CT molecular complexity index is 1340. The third-order valence-corrected chi connectivity index (χ3v) is 9.54. The van der Waals surface area contributed by atoms with Crippen LogP contribution >= 0.6 is 0 Å². The highest BCUT2D eigenvalue weighted by Crippen LogP contribution is 2.44. The van der Waals surface area contributed by atoms with Gasteiger partial charge < -0.3 is 19.5 Å². The number of nitrogens with one attached hydrogen (secondary N) is 1. The summed E-state index contributed by atoms with van der Waals surface area (Å²) in [5.41, 5.74) is 3.39. The van der Waals surface area contributed by atoms with E-state index in [1.165, 1.54) is 7.11 Å². The number of benzene rings is 2. The predicted molar refractivity (Wildman–Crippen MR) is 130 cm³/mol. The summed E-state index contributed by atoms with van der Waals surface area (Å²) in [4.78, 5) is 19.5. The summed E-state index contributed by atoms with van der Waals surface area (Å²) in [7, 11) is -2.36. The minimum atomic E-state index is -3.71. The number of hydrogen-bond donors (Lipinski definition) is 1. The normalized spacial score (nSPS) is 19.9. The lowest BCUT2D eigenvalue weighted by atomic mass is 9.80. The molecule has 9 heteroatoms. The maximum absolute atomic E-state index is 13.7. The molecule has 1 aromatic heterocycles. The zero-order valence-corrected chi connectivity index (χ0v) is 20.0. The third kappa shape index (κ3) is 3.21. The van der Waals surface area contributed by atoms with Gasteiger partial charge in [0.05, 0.1) is 17.5 Å². The van der Waals surface area contributed by atoms with E-state index in [0.29, 0.717) is 24.5 Å². The Morgan fingerprint density at radius 3 is 2.47 bits per heavy atom. The Hall–Kier alpha value is -3.04. The van der Waals surface area contributed by atoms with Gasteiger partial charge >= 0.3 is 6.09 Å². The van der Waals surface area contributed by atoms with Gasteiger partial charge in [-0.2, -0.15) is 4.31 Å². The van der Waals surface area contributed by atoms with Crippen LogP contribution in [0.4, 0.5) is 10.5 Å². The van der Waals surface area contributed by atoms with Crippen LogP contribution in [0.1, 0.15) is 19.3 Å². The fraction of sp³-hybridized carbons (Fsp3) is 0.400. The summed E-state index contributed by atoms with van der Waals surface area (Å²) in [6.45, 7) is 3.15. The van der Waals surface area contributed by atoms with E-state index in [9.17, 15) is 13.2 Å². The Labute approximate surface area is 199 Å². The lowest BCUT2D eigenvalue weighted by Crippen LogP contribution is -2.78. The van der Waals surface area contributed by atoms with Gasteiger partial charge in [0.2, 0.25) is 10.0 Å². The molecule has 3 fully saturated rings. The van der Waals surface area contributed by atoms with E-state index < -0.39 is 21.7 Å². The molecule has 3 aliphatic heterocycles. The van der Waals surface area contributed by atoms with Crippen LogP contribution in [0.25, 0.3) is 22.2 Å². The number of carbonyl (C=O) groups excluding carboxylic acids is 1. The van der Waals surface area contributed by atoms with Gasteiger partial charge in [-0.1, -0.05) is 18.2 Å². The Morgan fingerprint density at radius 2 is 1.79 bits per heavy atom. The van der Waals surface area contributed by atoms with Crippen molar-refractivity contribution < 1.29 is 17.9 Å². The number of anilines is 1. The van der Waals surface area contributed by atoms with E-state index in [0.717, 1.165) is 60.2 Å². The number of ether oxygens (including phenoxy) is 1. The minimum Gasteiger partial charge on any atom is -0.453 e. The summed E-state index contributed by atoms with van der Waals surface area (Å²) >= 11 is 0. The first kappa shape index (κ1) is 21.5. The number of methoxy groups -OCH3 is 1. The van der Waals surface area contributed by atoms with Gasteiger partial charge in [-0.05, 0) is 49.6 Å². The van der Waals surface area contributed by atoms with Gasteiger partial charge in [0.15, 0.2) is 0 Å². The molecule has 3 saturated heterocycles.